The van der Waals surface area contributed by atoms with Gasteiger partial charge in [0.05, 0.1) is 6.26 Å². The summed E-state index contributed by atoms with van der Waals surface area (Å²) in [4.78, 5) is 15.4. The standard InChI is InChI=1S/C21H25N3O3S/c1-16-7-9-17(10-8-16)21(25)22-12-14-24(28(2,26)27)13-11-18-15-23-20-6-4-3-5-19(18)20/h3-10,15,23H,11-14H2,1-2H3,(H,22,25). The smallest absolute Gasteiger partial charge is 0.251 e. The molecule has 0 spiro atoms. The van der Waals surface area contributed by atoms with Gasteiger partial charge in [0.25, 0.3) is 5.91 Å². The molecule has 148 valence electrons. The molecule has 1 amide bonds. The van der Waals surface area contributed by atoms with Gasteiger partial charge >= 0.3 is 0 Å². The first kappa shape index (κ1) is 20.1. The lowest BCUT2D eigenvalue weighted by Gasteiger charge is -2.20. The number of aromatic amines is 1. The Labute approximate surface area is 165 Å². The number of para-hydroxylation sites is 1. The van der Waals surface area contributed by atoms with Crippen molar-refractivity contribution in [1.82, 2.24) is 14.6 Å². The summed E-state index contributed by atoms with van der Waals surface area (Å²) in [5.41, 5.74) is 3.76. The van der Waals surface area contributed by atoms with E-state index >= 15 is 0 Å². The van der Waals surface area contributed by atoms with Gasteiger partial charge in [-0.3, -0.25) is 4.79 Å². The van der Waals surface area contributed by atoms with Crippen LogP contribution in [0.5, 0.6) is 0 Å². The van der Waals surface area contributed by atoms with E-state index in [1.165, 1.54) is 10.6 Å². The minimum atomic E-state index is -3.37. The summed E-state index contributed by atoms with van der Waals surface area (Å²) < 4.78 is 25.7. The lowest BCUT2D eigenvalue weighted by Crippen LogP contribution is -2.39. The molecule has 0 unspecified atom stereocenters. The molecule has 0 saturated heterocycles. The highest BCUT2D eigenvalue weighted by atomic mass is 32.2. The van der Waals surface area contributed by atoms with Gasteiger partial charge in [0, 0.05) is 42.3 Å². The molecular weight excluding hydrogens is 374 g/mol. The number of nitrogens with one attached hydrogen (secondary N) is 2. The molecule has 2 aromatic carbocycles. The summed E-state index contributed by atoms with van der Waals surface area (Å²) in [6, 6.07) is 15.2. The van der Waals surface area contributed by atoms with Gasteiger partial charge in [-0.1, -0.05) is 35.9 Å². The Balaban J connectivity index is 1.58. The molecule has 0 atom stereocenters. The Kier molecular flexibility index (Phi) is 6.16. The van der Waals surface area contributed by atoms with Crippen molar-refractivity contribution in [3.8, 4) is 0 Å². The normalized spacial score (nSPS) is 11.8. The number of hydrogen-bond donors (Lipinski definition) is 2. The molecule has 6 nitrogen and oxygen atoms in total. The molecule has 0 saturated carbocycles. The first-order chi connectivity index (χ1) is 13.3. The molecule has 1 aromatic heterocycles. The maximum Gasteiger partial charge on any atom is 0.251 e. The number of carbonyl (C=O) groups is 1. The number of hydrogen-bond acceptors (Lipinski definition) is 3. The Bertz CT molecular complexity index is 1060. The summed E-state index contributed by atoms with van der Waals surface area (Å²) >= 11 is 0. The van der Waals surface area contributed by atoms with Gasteiger partial charge < -0.3 is 10.3 Å². The largest absolute Gasteiger partial charge is 0.361 e. The Hall–Kier alpha value is -2.64. The zero-order chi connectivity index (χ0) is 20.1. The fraction of sp³-hybridized carbons (Fsp3) is 0.286. The number of amides is 1. The predicted molar refractivity (Wildman–Crippen MR) is 112 cm³/mol. The lowest BCUT2D eigenvalue weighted by molar-refractivity contribution is 0.0951. The summed E-state index contributed by atoms with van der Waals surface area (Å²) in [6.45, 7) is 2.81. The molecule has 7 heteroatoms. The molecule has 0 bridgehead atoms. The highest BCUT2D eigenvalue weighted by Gasteiger charge is 2.17. The Morgan fingerprint density at radius 2 is 1.79 bits per heavy atom. The molecule has 3 rings (SSSR count). The minimum absolute atomic E-state index is 0.204. The second-order valence-electron chi connectivity index (χ2n) is 6.89. The van der Waals surface area contributed by atoms with Crippen molar-refractivity contribution >= 4 is 26.8 Å². The summed E-state index contributed by atoms with van der Waals surface area (Å²) in [5.74, 6) is -0.204. The molecule has 1 heterocycles. The maximum atomic E-state index is 12.2. The van der Waals surface area contributed by atoms with E-state index in [-0.39, 0.29) is 19.0 Å². The molecule has 0 aliphatic carbocycles. The van der Waals surface area contributed by atoms with Crippen LogP contribution in [-0.4, -0.2) is 49.5 Å². The van der Waals surface area contributed by atoms with E-state index in [1.807, 2.05) is 49.5 Å². The van der Waals surface area contributed by atoms with Crippen molar-refractivity contribution in [2.75, 3.05) is 25.9 Å². The van der Waals surface area contributed by atoms with Gasteiger partial charge in [-0.05, 0) is 37.1 Å². The number of fused-ring (bicyclic) bond motifs is 1. The van der Waals surface area contributed by atoms with Gasteiger partial charge in [0.15, 0.2) is 0 Å². The van der Waals surface area contributed by atoms with Crippen LogP contribution in [0.25, 0.3) is 10.9 Å². The van der Waals surface area contributed by atoms with Gasteiger partial charge in [0.1, 0.15) is 0 Å². The number of sulfonamides is 1. The topological polar surface area (TPSA) is 82.3 Å². The van der Waals surface area contributed by atoms with Crippen LogP contribution in [-0.2, 0) is 16.4 Å². The van der Waals surface area contributed by atoms with E-state index < -0.39 is 10.0 Å². The second-order valence-corrected chi connectivity index (χ2v) is 8.88. The number of aryl methyl sites for hydroxylation is 1. The molecule has 0 fully saturated rings. The number of aromatic nitrogens is 1. The van der Waals surface area contributed by atoms with Gasteiger partial charge in [-0.15, -0.1) is 0 Å². The van der Waals surface area contributed by atoms with E-state index in [2.05, 4.69) is 10.3 Å². The van der Waals surface area contributed by atoms with Crippen LogP contribution < -0.4 is 5.32 Å². The molecule has 3 aromatic rings. The Morgan fingerprint density at radius 3 is 2.50 bits per heavy atom. The number of benzene rings is 2. The minimum Gasteiger partial charge on any atom is -0.361 e. The zero-order valence-electron chi connectivity index (χ0n) is 16.1. The quantitative estimate of drug-likeness (QED) is 0.611. The Morgan fingerprint density at radius 1 is 1.07 bits per heavy atom. The molecule has 2 N–H and O–H groups in total. The molecule has 0 radical (unpaired) electrons. The van der Waals surface area contributed by atoms with Crippen LogP contribution in [0.2, 0.25) is 0 Å². The van der Waals surface area contributed by atoms with E-state index in [0.717, 1.165) is 22.0 Å². The zero-order valence-corrected chi connectivity index (χ0v) is 16.9. The van der Waals surface area contributed by atoms with Crippen LogP contribution in [0.4, 0.5) is 0 Å². The van der Waals surface area contributed by atoms with E-state index in [4.69, 9.17) is 0 Å². The molecule has 28 heavy (non-hydrogen) atoms. The highest BCUT2D eigenvalue weighted by molar-refractivity contribution is 7.88. The molecule has 0 aliphatic heterocycles. The maximum absolute atomic E-state index is 12.2. The van der Waals surface area contributed by atoms with Gasteiger partial charge in [0.2, 0.25) is 10.0 Å². The molecule has 0 aliphatic rings. The van der Waals surface area contributed by atoms with Crippen molar-refractivity contribution < 1.29 is 13.2 Å². The number of rotatable bonds is 8. The fourth-order valence-corrected chi connectivity index (χ4v) is 3.97. The third-order valence-corrected chi connectivity index (χ3v) is 6.04. The summed E-state index contributed by atoms with van der Waals surface area (Å²) in [7, 11) is -3.37. The van der Waals surface area contributed by atoms with Crippen LogP contribution in [0.3, 0.4) is 0 Å². The predicted octanol–water partition coefficient (Wildman–Crippen LogP) is 2.71. The van der Waals surface area contributed by atoms with Crippen LogP contribution in [0.15, 0.2) is 54.7 Å². The number of carbonyl (C=O) groups excluding carboxylic acids is 1. The van der Waals surface area contributed by atoms with Crippen molar-refractivity contribution in [2.45, 2.75) is 13.3 Å². The number of H-pyrrole nitrogens is 1. The van der Waals surface area contributed by atoms with Crippen molar-refractivity contribution in [3.05, 3.63) is 71.4 Å². The van der Waals surface area contributed by atoms with Crippen LogP contribution in [0, 0.1) is 6.92 Å². The first-order valence-corrected chi connectivity index (χ1v) is 11.0. The van der Waals surface area contributed by atoms with E-state index in [9.17, 15) is 13.2 Å². The summed E-state index contributed by atoms with van der Waals surface area (Å²) in [5, 5.41) is 3.89. The first-order valence-electron chi connectivity index (χ1n) is 9.19. The van der Waals surface area contributed by atoms with Crippen LogP contribution in [0.1, 0.15) is 21.5 Å². The van der Waals surface area contributed by atoms with Gasteiger partial charge in [-0.2, -0.15) is 0 Å². The van der Waals surface area contributed by atoms with Crippen molar-refractivity contribution in [1.29, 1.82) is 0 Å². The number of nitrogens with zero attached hydrogens (tertiary/aromatic N) is 1. The second kappa shape index (κ2) is 8.58. The highest BCUT2D eigenvalue weighted by Crippen LogP contribution is 2.18. The third kappa shape index (κ3) is 4.99. The van der Waals surface area contributed by atoms with E-state index in [1.54, 1.807) is 12.1 Å². The third-order valence-electron chi connectivity index (χ3n) is 4.73. The molecular formula is C21H25N3O3S. The fourth-order valence-electron chi connectivity index (χ4n) is 3.13. The van der Waals surface area contributed by atoms with Gasteiger partial charge in [-0.25, -0.2) is 12.7 Å². The SMILES string of the molecule is Cc1ccc(C(=O)NCCN(CCc2c[nH]c3ccccc23)S(C)(=O)=O)cc1. The average molecular weight is 400 g/mol. The average Bonchev–Trinajstić information content (AvgIpc) is 3.07. The summed E-state index contributed by atoms with van der Waals surface area (Å²) in [6.07, 6.45) is 3.72. The van der Waals surface area contributed by atoms with Crippen LogP contribution >= 0.6 is 0 Å². The van der Waals surface area contributed by atoms with Crippen molar-refractivity contribution in [3.63, 3.8) is 0 Å². The van der Waals surface area contributed by atoms with E-state index in [0.29, 0.717) is 18.5 Å². The van der Waals surface area contributed by atoms with Crippen molar-refractivity contribution in [2.24, 2.45) is 0 Å². The lowest BCUT2D eigenvalue weighted by atomic mass is 10.1. The monoisotopic (exact) mass is 399 g/mol.